The maximum absolute atomic E-state index is 12.1. The quantitative estimate of drug-likeness (QED) is 0.798. The van der Waals surface area contributed by atoms with Gasteiger partial charge in [-0.05, 0) is 18.6 Å². The Morgan fingerprint density at radius 2 is 2.25 bits per heavy atom. The molecule has 1 aromatic heterocycles. The van der Waals surface area contributed by atoms with E-state index in [0.717, 1.165) is 11.0 Å². The van der Waals surface area contributed by atoms with Crippen molar-refractivity contribution in [2.24, 2.45) is 0 Å². The summed E-state index contributed by atoms with van der Waals surface area (Å²) in [6.07, 6.45) is 0.786. The fourth-order valence-electron chi connectivity index (χ4n) is 2.30. The van der Waals surface area contributed by atoms with Gasteiger partial charge in [0.25, 0.3) is 0 Å². The van der Waals surface area contributed by atoms with Gasteiger partial charge >= 0.3 is 0 Å². The molecule has 0 bridgehead atoms. The van der Waals surface area contributed by atoms with Crippen LogP contribution in [0, 0.1) is 0 Å². The number of H-pyrrole nitrogens is 1. The third-order valence-corrected chi connectivity index (χ3v) is 3.37. The zero-order valence-electron chi connectivity index (χ0n) is 11.1. The second-order valence-corrected chi connectivity index (χ2v) is 4.65. The van der Waals surface area contributed by atoms with Crippen molar-refractivity contribution < 1.29 is 9.53 Å². The summed E-state index contributed by atoms with van der Waals surface area (Å²) in [6, 6.07) is 7.44. The molecule has 20 heavy (non-hydrogen) atoms. The number of benzene rings is 1. The van der Waals surface area contributed by atoms with Crippen LogP contribution in [0.4, 0.5) is 5.95 Å². The fourth-order valence-corrected chi connectivity index (χ4v) is 2.30. The number of halogens is 1. The van der Waals surface area contributed by atoms with Crippen LogP contribution in [0.5, 0.6) is 0 Å². The number of aromatic nitrogens is 2. The van der Waals surface area contributed by atoms with Crippen LogP contribution in [0.2, 0.25) is 0 Å². The average molecular weight is 297 g/mol. The monoisotopic (exact) mass is 296 g/mol. The Morgan fingerprint density at radius 3 is 2.95 bits per heavy atom. The Bertz CT molecular complexity index is 568. The number of nitrogens with one attached hydrogen (secondary N) is 3. The van der Waals surface area contributed by atoms with E-state index in [0.29, 0.717) is 18.9 Å². The molecule has 7 heteroatoms. The number of imidazole rings is 1. The smallest absolute Gasteiger partial charge is 0.243 e. The third-order valence-electron chi connectivity index (χ3n) is 3.37. The van der Waals surface area contributed by atoms with Crippen LogP contribution in [0.1, 0.15) is 6.42 Å². The first-order valence-corrected chi connectivity index (χ1v) is 6.28. The summed E-state index contributed by atoms with van der Waals surface area (Å²) in [5.41, 5.74) is 1.75. The number of hydrogen-bond donors (Lipinski definition) is 3. The van der Waals surface area contributed by atoms with Gasteiger partial charge in [0.05, 0.1) is 23.2 Å². The number of anilines is 1. The molecule has 1 fully saturated rings. The molecule has 0 spiro atoms. The minimum absolute atomic E-state index is 0. The fraction of sp³-hybridized carbons (Fsp3) is 0.385. The lowest BCUT2D eigenvalue weighted by molar-refractivity contribution is -0.118. The first kappa shape index (κ1) is 14.8. The number of carbonyl (C=O) groups is 1. The maximum atomic E-state index is 12.1. The zero-order chi connectivity index (χ0) is 13.2. The lowest BCUT2D eigenvalue weighted by atomic mass is 10.2. The van der Waals surface area contributed by atoms with Gasteiger partial charge in [0.2, 0.25) is 11.9 Å². The van der Waals surface area contributed by atoms with Gasteiger partial charge in [-0.3, -0.25) is 10.1 Å². The van der Waals surface area contributed by atoms with Crippen LogP contribution in [0.3, 0.4) is 0 Å². The van der Waals surface area contributed by atoms with Crippen LogP contribution in [0.25, 0.3) is 11.0 Å². The van der Waals surface area contributed by atoms with Crippen LogP contribution in [-0.2, 0) is 9.53 Å². The topological polar surface area (TPSA) is 79.0 Å². The number of fused-ring (bicyclic) bond motifs is 1. The van der Waals surface area contributed by atoms with Crippen molar-refractivity contribution in [2.75, 3.05) is 19.0 Å². The number of methoxy groups -OCH3 is 1. The lowest BCUT2D eigenvalue weighted by Crippen LogP contribution is -2.35. The normalized spacial score (nSPS) is 21.6. The highest BCUT2D eigenvalue weighted by Gasteiger charge is 2.29. The Morgan fingerprint density at radius 1 is 1.45 bits per heavy atom. The van der Waals surface area contributed by atoms with Crippen LogP contribution in [-0.4, -0.2) is 41.7 Å². The highest BCUT2D eigenvalue weighted by atomic mass is 35.5. The number of rotatable bonds is 3. The van der Waals surface area contributed by atoms with E-state index in [1.165, 1.54) is 0 Å². The molecule has 0 unspecified atom stereocenters. The summed E-state index contributed by atoms with van der Waals surface area (Å²) in [6.45, 7) is 0.703. The maximum Gasteiger partial charge on any atom is 0.243 e. The van der Waals surface area contributed by atoms with E-state index < -0.39 is 0 Å². The summed E-state index contributed by atoms with van der Waals surface area (Å²) in [5.74, 6) is 0.396. The van der Waals surface area contributed by atoms with E-state index >= 15 is 0 Å². The minimum atomic E-state index is -0.224. The van der Waals surface area contributed by atoms with E-state index in [1.807, 2.05) is 24.3 Å². The molecule has 1 aliphatic rings. The van der Waals surface area contributed by atoms with E-state index in [4.69, 9.17) is 4.74 Å². The number of para-hydroxylation sites is 2. The van der Waals surface area contributed by atoms with Gasteiger partial charge in [0, 0.05) is 13.7 Å². The second kappa shape index (κ2) is 6.21. The summed E-state index contributed by atoms with van der Waals surface area (Å²) < 4.78 is 5.22. The summed E-state index contributed by atoms with van der Waals surface area (Å²) in [4.78, 5) is 19.5. The van der Waals surface area contributed by atoms with E-state index in [-0.39, 0.29) is 30.5 Å². The second-order valence-electron chi connectivity index (χ2n) is 4.65. The molecule has 1 amide bonds. The van der Waals surface area contributed by atoms with Crippen LogP contribution in [0.15, 0.2) is 24.3 Å². The molecule has 108 valence electrons. The molecular formula is C13H17ClN4O2. The molecule has 3 rings (SSSR count). The van der Waals surface area contributed by atoms with Gasteiger partial charge in [-0.25, -0.2) is 4.98 Å². The first-order chi connectivity index (χ1) is 9.26. The van der Waals surface area contributed by atoms with Crippen molar-refractivity contribution in [3.8, 4) is 0 Å². The number of nitrogens with zero attached hydrogens (tertiary/aromatic N) is 1. The predicted octanol–water partition coefficient (Wildman–Crippen LogP) is 1.30. The molecule has 1 aromatic carbocycles. The lowest BCUT2D eigenvalue weighted by Gasteiger charge is -2.09. The highest BCUT2D eigenvalue weighted by Crippen LogP contribution is 2.15. The van der Waals surface area contributed by atoms with Crippen molar-refractivity contribution >= 4 is 35.3 Å². The highest BCUT2D eigenvalue weighted by molar-refractivity contribution is 5.95. The summed E-state index contributed by atoms with van der Waals surface area (Å²) in [5, 5.41) is 5.93. The van der Waals surface area contributed by atoms with Gasteiger partial charge in [0.1, 0.15) is 0 Å². The molecule has 1 aliphatic heterocycles. The van der Waals surface area contributed by atoms with Gasteiger partial charge in [-0.15, -0.1) is 12.4 Å². The Labute approximate surface area is 122 Å². The SMILES string of the molecule is CO[C@@H]1CN[C@H](C(=O)Nc2nc3ccccc3[nH]2)C1.Cl. The molecule has 3 N–H and O–H groups in total. The summed E-state index contributed by atoms with van der Waals surface area (Å²) in [7, 11) is 1.66. The van der Waals surface area contributed by atoms with Crippen LogP contribution < -0.4 is 10.6 Å². The Balaban J connectivity index is 0.00000147. The standard InChI is InChI=1S/C13H16N4O2.ClH/c1-19-8-6-11(14-7-8)12(18)17-13-15-9-4-2-3-5-10(9)16-13;/h2-5,8,11,14H,6-7H2,1H3,(H2,15,16,17,18);1H/t8-,11-;/m0./s1. The largest absolute Gasteiger partial charge is 0.380 e. The first-order valence-electron chi connectivity index (χ1n) is 6.28. The molecule has 2 heterocycles. The molecule has 0 radical (unpaired) electrons. The number of ether oxygens (including phenoxy) is 1. The molecule has 2 aromatic rings. The minimum Gasteiger partial charge on any atom is -0.380 e. The van der Waals surface area contributed by atoms with Crippen molar-refractivity contribution in [3.63, 3.8) is 0 Å². The molecule has 6 nitrogen and oxygen atoms in total. The summed E-state index contributed by atoms with van der Waals surface area (Å²) >= 11 is 0. The predicted molar refractivity (Wildman–Crippen MR) is 79.2 cm³/mol. The Hall–Kier alpha value is -1.63. The van der Waals surface area contributed by atoms with Gasteiger partial charge in [-0.2, -0.15) is 0 Å². The number of aromatic amines is 1. The van der Waals surface area contributed by atoms with E-state index in [2.05, 4.69) is 20.6 Å². The Kier molecular flexibility index (Phi) is 4.59. The van der Waals surface area contributed by atoms with Crippen molar-refractivity contribution in [1.29, 1.82) is 0 Å². The molecular weight excluding hydrogens is 280 g/mol. The van der Waals surface area contributed by atoms with Gasteiger partial charge in [-0.1, -0.05) is 12.1 Å². The van der Waals surface area contributed by atoms with Gasteiger partial charge < -0.3 is 15.0 Å². The van der Waals surface area contributed by atoms with E-state index in [9.17, 15) is 4.79 Å². The number of amides is 1. The average Bonchev–Trinajstić information content (AvgIpc) is 3.04. The third kappa shape index (κ3) is 2.92. The molecule has 0 aliphatic carbocycles. The van der Waals surface area contributed by atoms with Crippen molar-refractivity contribution in [3.05, 3.63) is 24.3 Å². The van der Waals surface area contributed by atoms with Crippen molar-refractivity contribution in [1.82, 2.24) is 15.3 Å². The van der Waals surface area contributed by atoms with E-state index in [1.54, 1.807) is 7.11 Å². The van der Waals surface area contributed by atoms with Crippen molar-refractivity contribution in [2.45, 2.75) is 18.6 Å². The molecule has 0 saturated carbocycles. The number of hydrogen-bond acceptors (Lipinski definition) is 4. The van der Waals surface area contributed by atoms with Crippen LogP contribution >= 0.6 is 12.4 Å². The molecule has 1 saturated heterocycles. The zero-order valence-corrected chi connectivity index (χ0v) is 11.9. The molecule has 2 atom stereocenters. The van der Waals surface area contributed by atoms with Gasteiger partial charge in [0.15, 0.2) is 0 Å². The number of carbonyl (C=O) groups excluding carboxylic acids is 1.